The number of alkyl halides is 26. The van der Waals surface area contributed by atoms with Crippen molar-refractivity contribution < 1.29 is 124 Å². The number of benzene rings is 2. The number of nitrogens with zero attached hydrogens (tertiary/aromatic N) is 2. The van der Waals surface area contributed by atoms with Crippen molar-refractivity contribution in [3.05, 3.63) is 58.7 Å². The van der Waals surface area contributed by atoms with Crippen LogP contribution in [0.25, 0.3) is 0 Å². The van der Waals surface area contributed by atoms with Crippen molar-refractivity contribution in [2.45, 2.75) is 71.6 Å². The Morgan fingerprint density at radius 2 is 0.603 bits per heavy atom. The first-order valence-corrected chi connectivity index (χ1v) is 14.1. The normalized spacial score (nSPS) is 15.6. The predicted octanol–water partition coefficient (Wildman–Crippen LogP) is 11.0. The third-order valence-electron chi connectivity index (χ3n) is 7.47. The summed E-state index contributed by atoms with van der Waals surface area (Å²) in [7, 11) is 0. The minimum Gasteiger partial charge on any atom is -0.507 e. The number of rotatable bonds is 15. The van der Waals surface area contributed by atoms with Crippen LogP contribution >= 0.6 is 0 Å². The van der Waals surface area contributed by atoms with E-state index in [1.165, 1.54) is 0 Å². The largest absolute Gasteiger partial charge is 0.507 e. The molecule has 0 spiro atoms. The van der Waals surface area contributed by atoms with Gasteiger partial charge in [0, 0.05) is 34.7 Å². The molecule has 2 aromatic rings. The van der Waals surface area contributed by atoms with Gasteiger partial charge in [0.2, 0.25) is 0 Å². The molecule has 0 saturated carbocycles. The highest BCUT2D eigenvalue weighted by atomic mass is 19.4. The summed E-state index contributed by atoms with van der Waals surface area (Å²) in [5.74, 6) is -80.4. The zero-order valence-corrected chi connectivity index (χ0v) is 26.6. The second kappa shape index (κ2) is 14.7. The molecule has 0 aliphatic carbocycles. The second-order valence-corrected chi connectivity index (χ2v) is 11.4. The fourth-order valence-electron chi connectivity index (χ4n) is 4.05. The van der Waals surface area contributed by atoms with Gasteiger partial charge in [0.05, 0.1) is 13.1 Å². The highest BCUT2D eigenvalue weighted by Crippen LogP contribution is 2.64. The SMILES string of the molecule is Oc1ccc(C(F)(F)C(F)(F)C(F)(F)C(F)(F)C(F)(F)C(F)(F)F)cc1C=NCCN=Cc1cc(C(F)(F)C(F)(F)C(F)(F)C(F)(F)C(F)(F)C(F)(F)F)ccc1O. The maximum atomic E-state index is 14.5. The molecule has 0 bridgehead atoms. The zero-order chi connectivity index (χ0) is 45.9. The molecular formula is C28H14F26N2O2. The Kier molecular flexibility index (Phi) is 12.6. The van der Waals surface area contributed by atoms with E-state index in [2.05, 4.69) is 9.98 Å². The molecule has 0 fully saturated rings. The van der Waals surface area contributed by atoms with Gasteiger partial charge in [-0.25, -0.2) is 0 Å². The number of phenolic OH excluding ortho intramolecular Hbond substituents is 2. The minimum atomic E-state index is -8.22. The van der Waals surface area contributed by atoms with Crippen LogP contribution in [-0.4, -0.2) is 95.5 Å². The third-order valence-corrected chi connectivity index (χ3v) is 7.47. The summed E-state index contributed by atoms with van der Waals surface area (Å²) in [6.45, 7) is -1.79. The fraction of sp³-hybridized carbons (Fsp3) is 0.500. The summed E-state index contributed by atoms with van der Waals surface area (Å²) in [5, 5.41) is 19.5. The lowest BCUT2D eigenvalue weighted by atomic mass is 9.90. The highest BCUT2D eigenvalue weighted by molar-refractivity contribution is 5.84. The molecule has 0 heterocycles. The van der Waals surface area contributed by atoms with Gasteiger partial charge in [0.1, 0.15) is 11.5 Å². The Bertz CT molecular complexity index is 1730. The number of hydrogen-bond acceptors (Lipinski definition) is 4. The molecule has 58 heavy (non-hydrogen) atoms. The molecule has 2 aromatic carbocycles. The van der Waals surface area contributed by atoms with Gasteiger partial charge in [-0.1, -0.05) is 0 Å². The van der Waals surface area contributed by atoms with Crippen LogP contribution in [0.15, 0.2) is 46.4 Å². The van der Waals surface area contributed by atoms with Crippen LogP contribution in [0.2, 0.25) is 0 Å². The molecule has 0 aromatic heterocycles. The summed E-state index contributed by atoms with van der Waals surface area (Å²) in [6, 6.07) is -1.76. The van der Waals surface area contributed by atoms with Crippen molar-refractivity contribution in [1.29, 1.82) is 0 Å². The molecule has 0 saturated heterocycles. The summed E-state index contributed by atoms with van der Waals surface area (Å²) in [6.07, 6.45) is -15.0. The highest BCUT2D eigenvalue weighted by Gasteiger charge is 2.92. The average molecular weight is 904 g/mol. The van der Waals surface area contributed by atoms with Crippen molar-refractivity contribution in [2.75, 3.05) is 13.1 Å². The second-order valence-electron chi connectivity index (χ2n) is 11.4. The Labute approximate surface area is 302 Å². The van der Waals surface area contributed by atoms with Gasteiger partial charge in [-0.3, -0.25) is 9.98 Å². The van der Waals surface area contributed by atoms with Gasteiger partial charge < -0.3 is 10.2 Å². The molecular weight excluding hydrogens is 890 g/mol. The molecule has 0 radical (unpaired) electrons. The van der Waals surface area contributed by atoms with E-state index >= 15 is 0 Å². The van der Waals surface area contributed by atoms with E-state index in [1.807, 2.05) is 0 Å². The molecule has 4 nitrogen and oxygen atoms in total. The third kappa shape index (κ3) is 7.50. The lowest BCUT2D eigenvalue weighted by Gasteiger charge is -2.39. The summed E-state index contributed by atoms with van der Waals surface area (Å²) >= 11 is 0. The lowest BCUT2D eigenvalue weighted by molar-refractivity contribution is -0.441. The van der Waals surface area contributed by atoms with E-state index in [-0.39, 0.29) is 24.6 Å². The zero-order valence-electron chi connectivity index (χ0n) is 26.6. The minimum absolute atomic E-state index is 0.0482. The monoisotopic (exact) mass is 904 g/mol. The quantitative estimate of drug-likeness (QED) is 0.106. The van der Waals surface area contributed by atoms with Crippen LogP contribution in [0.1, 0.15) is 22.3 Å². The average Bonchev–Trinajstić information content (AvgIpc) is 3.05. The van der Waals surface area contributed by atoms with Gasteiger partial charge in [0.15, 0.2) is 0 Å². The first-order valence-electron chi connectivity index (χ1n) is 14.1. The summed E-state index contributed by atoms with van der Waals surface area (Å²) < 4.78 is 351. The Morgan fingerprint density at radius 1 is 0.362 bits per heavy atom. The molecule has 0 aliphatic rings. The van der Waals surface area contributed by atoms with Gasteiger partial charge >= 0.3 is 71.6 Å². The first-order chi connectivity index (χ1) is 25.5. The number of aliphatic imine (C=N–C) groups is 2. The molecule has 0 atom stereocenters. The van der Waals surface area contributed by atoms with E-state index in [9.17, 15) is 124 Å². The smallest absolute Gasteiger partial charge is 0.460 e. The van der Waals surface area contributed by atoms with E-state index < -0.39 is 143 Å². The molecule has 30 heteroatoms. The van der Waals surface area contributed by atoms with Crippen molar-refractivity contribution in [3.63, 3.8) is 0 Å². The van der Waals surface area contributed by atoms with Crippen LogP contribution in [-0.2, 0) is 11.8 Å². The Hall–Kier alpha value is -4.44. The number of phenols is 2. The van der Waals surface area contributed by atoms with Gasteiger partial charge in [-0.2, -0.15) is 114 Å². The Balaban J connectivity index is 2.37. The van der Waals surface area contributed by atoms with Crippen LogP contribution in [0, 0.1) is 0 Å². The standard InChI is InChI=1S/C28H14F26N2O2/c29-17(30,19(33,34)21(37,38)23(41,42)25(45,46)27(49,50)51)13-1-3-15(57)11(7-13)9-55-5-6-56-10-12-8-14(2-4-16(12)58)18(31,32)20(35,36)22(39,40)24(43,44)26(47,48)28(52,53)54/h1-4,7-10,57-58H,5-6H2. The van der Waals surface area contributed by atoms with Crippen molar-refractivity contribution in [3.8, 4) is 11.5 Å². The van der Waals surface area contributed by atoms with E-state index in [1.54, 1.807) is 0 Å². The molecule has 0 amide bonds. The first kappa shape index (κ1) is 49.7. The molecule has 0 unspecified atom stereocenters. The number of halogens is 26. The van der Waals surface area contributed by atoms with Crippen LogP contribution in [0.3, 0.4) is 0 Å². The topological polar surface area (TPSA) is 65.2 Å². The van der Waals surface area contributed by atoms with E-state index in [4.69, 9.17) is 0 Å². The molecule has 0 aliphatic heterocycles. The van der Waals surface area contributed by atoms with Gasteiger partial charge in [-0.15, -0.1) is 0 Å². The maximum Gasteiger partial charge on any atom is 0.460 e. The maximum absolute atomic E-state index is 14.5. The van der Waals surface area contributed by atoms with Crippen LogP contribution in [0.4, 0.5) is 114 Å². The Morgan fingerprint density at radius 3 is 0.845 bits per heavy atom. The predicted molar refractivity (Wildman–Crippen MR) is 141 cm³/mol. The van der Waals surface area contributed by atoms with Crippen molar-refractivity contribution in [2.24, 2.45) is 9.98 Å². The molecule has 330 valence electrons. The lowest BCUT2D eigenvalue weighted by Crippen LogP contribution is -2.69. The molecule has 2 N–H and O–H groups in total. The van der Waals surface area contributed by atoms with Crippen LogP contribution in [0.5, 0.6) is 11.5 Å². The number of hydrogen-bond donors (Lipinski definition) is 2. The molecule has 2 rings (SSSR count). The van der Waals surface area contributed by atoms with Gasteiger partial charge in [0.25, 0.3) is 0 Å². The van der Waals surface area contributed by atoms with E-state index in [0.29, 0.717) is 0 Å². The number of aromatic hydroxyl groups is 2. The summed E-state index contributed by atoms with van der Waals surface area (Å²) in [5.41, 5.74) is -7.55. The van der Waals surface area contributed by atoms with Crippen molar-refractivity contribution >= 4 is 12.4 Å². The van der Waals surface area contributed by atoms with Gasteiger partial charge in [-0.05, 0) is 36.4 Å². The fourth-order valence-corrected chi connectivity index (χ4v) is 4.05. The van der Waals surface area contributed by atoms with Crippen LogP contribution < -0.4 is 0 Å². The van der Waals surface area contributed by atoms with E-state index in [0.717, 1.165) is 0 Å². The van der Waals surface area contributed by atoms with Crippen molar-refractivity contribution in [1.82, 2.24) is 0 Å². The summed E-state index contributed by atoms with van der Waals surface area (Å²) in [4.78, 5) is 6.53.